The van der Waals surface area contributed by atoms with Crippen molar-refractivity contribution in [2.75, 3.05) is 7.11 Å². The zero-order valence-electron chi connectivity index (χ0n) is 9.21. The molecule has 0 bridgehead atoms. The molecule has 0 amide bonds. The van der Waals surface area contributed by atoms with E-state index in [4.69, 9.17) is 0 Å². The molecule has 0 aliphatic carbocycles. The first-order valence-corrected chi connectivity index (χ1v) is 4.89. The maximum Gasteiger partial charge on any atom is 0.310 e. The van der Waals surface area contributed by atoms with Gasteiger partial charge < -0.3 is 4.74 Å². The van der Waals surface area contributed by atoms with Crippen LogP contribution in [0.2, 0.25) is 0 Å². The van der Waals surface area contributed by atoms with Gasteiger partial charge in [-0.1, -0.05) is 26.0 Å². The van der Waals surface area contributed by atoms with E-state index >= 15 is 0 Å². The van der Waals surface area contributed by atoms with Gasteiger partial charge in [-0.15, -0.1) is 0 Å². The minimum absolute atomic E-state index is 0.0132. The molecule has 0 aliphatic heterocycles. The Hall–Kier alpha value is -1.38. The fraction of sp³-hybridized carbons (Fsp3) is 0.417. The van der Waals surface area contributed by atoms with Gasteiger partial charge in [0.1, 0.15) is 5.82 Å². The zero-order valence-corrected chi connectivity index (χ0v) is 9.21. The van der Waals surface area contributed by atoms with E-state index in [0.717, 1.165) is 5.56 Å². The molecule has 2 nitrogen and oxygen atoms in total. The molecule has 15 heavy (non-hydrogen) atoms. The second kappa shape index (κ2) is 4.91. The van der Waals surface area contributed by atoms with E-state index in [1.54, 1.807) is 6.07 Å². The predicted octanol–water partition coefficient (Wildman–Crippen LogP) is 2.66. The molecule has 0 spiro atoms. The Balaban J connectivity index is 2.88. The number of benzene rings is 1. The summed E-state index contributed by atoms with van der Waals surface area (Å²) in [5, 5.41) is 0. The molecular formula is C12H15FO2. The fourth-order valence-corrected chi connectivity index (χ4v) is 1.29. The molecule has 0 saturated carbocycles. The van der Waals surface area contributed by atoms with Crippen LogP contribution in [0.15, 0.2) is 18.2 Å². The lowest BCUT2D eigenvalue weighted by molar-refractivity contribution is -0.139. The lowest BCUT2D eigenvalue weighted by atomic mass is 10.0. The van der Waals surface area contributed by atoms with Crippen molar-refractivity contribution in [2.45, 2.75) is 26.2 Å². The highest BCUT2D eigenvalue weighted by atomic mass is 19.1. The van der Waals surface area contributed by atoms with Crippen LogP contribution in [0.5, 0.6) is 0 Å². The van der Waals surface area contributed by atoms with Crippen LogP contribution in [-0.4, -0.2) is 13.1 Å². The molecule has 0 radical (unpaired) electrons. The van der Waals surface area contributed by atoms with Gasteiger partial charge in [-0.25, -0.2) is 4.39 Å². The summed E-state index contributed by atoms with van der Waals surface area (Å²) in [6.45, 7) is 3.99. The van der Waals surface area contributed by atoms with Gasteiger partial charge in [-0.3, -0.25) is 4.79 Å². The lowest BCUT2D eigenvalue weighted by Gasteiger charge is -2.07. The van der Waals surface area contributed by atoms with E-state index in [-0.39, 0.29) is 18.2 Å². The number of ether oxygens (including phenoxy) is 1. The molecule has 82 valence electrons. The number of carbonyl (C=O) groups is 1. The first-order chi connectivity index (χ1) is 7.04. The molecular weight excluding hydrogens is 195 g/mol. The maximum atomic E-state index is 13.5. The van der Waals surface area contributed by atoms with Crippen LogP contribution in [0.25, 0.3) is 0 Å². The third-order valence-corrected chi connectivity index (χ3v) is 2.31. The zero-order chi connectivity index (χ0) is 11.4. The Kier molecular flexibility index (Phi) is 3.83. The standard InChI is InChI=1S/C12H15FO2/c1-8(2)9-4-5-10(11(13)6-9)7-12(14)15-3/h4-6,8H,7H2,1-3H3. The Labute approximate surface area is 89.1 Å². The lowest BCUT2D eigenvalue weighted by Crippen LogP contribution is -2.06. The van der Waals surface area contributed by atoms with Gasteiger partial charge in [-0.2, -0.15) is 0 Å². The van der Waals surface area contributed by atoms with Crippen molar-refractivity contribution >= 4 is 5.97 Å². The Morgan fingerprint density at radius 1 is 1.47 bits per heavy atom. The third kappa shape index (κ3) is 3.05. The maximum absolute atomic E-state index is 13.5. The first-order valence-electron chi connectivity index (χ1n) is 4.89. The summed E-state index contributed by atoms with van der Waals surface area (Å²) in [6.07, 6.45) is -0.0132. The van der Waals surface area contributed by atoms with Crippen molar-refractivity contribution in [3.05, 3.63) is 35.1 Å². The highest BCUT2D eigenvalue weighted by Crippen LogP contribution is 2.18. The van der Waals surface area contributed by atoms with Crippen molar-refractivity contribution in [3.8, 4) is 0 Å². The molecule has 1 aromatic carbocycles. The summed E-state index contributed by atoms with van der Waals surface area (Å²) in [6, 6.07) is 4.95. The van der Waals surface area contributed by atoms with Crippen LogP contribution >= 0.6 is 0 Å². The van der Waals surface area contributed by atoms with E-state index in [1.807, 2.05) is 19.9 Å². The molecule has 1 rings (SSSR count). The number of halogens is 1. The third-order valence-electron chi connectivity index (χ3n) is 2.31. The number of methoxy groups -OCH3 is 1. The number of carbonyl (C=O) groups excluding carboxylic acids is 1. The quantitative estimate of drug-likeness (QED) is 0.717. The number of esters is 1. The average Bonchev–Trinajstić information content (AvgIpc) is 2.20. The SMILES string of the molecule is COC(=O)Cc1ccc(C(C)C)cc1F. The van der Waals surface area contributed by atoms with Crippen molar-refractivity contribution in [1.29, 1.82) is 0 Å². The smallest absolute Gasteiger partial charge is 0.310 e. The molecule has 0 aromatic heterocycles. The molecule has 0 aliphatic rings. The number of hydrogen-bond donors (Lipinski definition) is 0. The highest BCUT2D eigenvalue weighted by Gasteiger charge is 2.09. The Morgan fingerprint density at radius 2 is 2.13 bits per heavy atom. The highest BCUT2D eigenvalue weighted by molar-refractivity contribution is 5.72. The van der Waals surface area contributed by atoms with E-state index in [0.29, 0.717) is 5.56 Å². The summed E-state index contributed by atoms with van der Waals surface area (Å²) in [5.41, 5.74) is 1.31. The minimum atomic E-state index is -0.425. The number of hydrogen-bond acceptors (Lipinski definition) is 2. The van der Waals surface area contributed by atoms with Gasteiger partial charge in [0, 0.05) is 0 Å². The van der Waals surface area contributed by atoms with Crippen molar-refractivity contribution in [2.24, 2.45) is 0 Å². The van der Waals surface area contributed by atoms with Gasteiger partial charge in [0.2, 0.25) is 0 Å². The second-order valence-electron chi connectivity index (χ2n) is 3.76. The molecule has 1 aromatic rings. The first kappa shape index (κ1) is 11.7. The normalized spacial score (nSPS) is 10.5. The van der Waals surface area contributed by atoms with Crippen LogP contribution in [0.3, 0.4) is 0 Å². The topological polar surface area (TPSA) is 26.3 Å². The van der Waals surface area contributed by atoms with Gasteiger partial charge in [0.25, 0.3) is 0 Å². The summed E-state index contributed by atoms with van der Waals surface area (Å²) >= 11 is 0. The summed E-state index contributed by atoms with van der Waals surface area (Å²) < 4.78 is 18.0. The Morgan fingerprint density at radius 3 is 2.60 bits per heavy atom. The van der Waals surface area contributed by atoms with E-state index < -0.39 is 5.97 Å². The Bertz CT molecular complexity index is 359. The predicted molar refractivity (Wildman–Crippen MR) is 56.2 cm³/mol. The molecule has 0 fully saturated rings. The molecule has 0 N–H and O–H groups in total. The molecule has 0 heterocycles. The van der Waals surface area contributed by atoms with E-state index in [2.05, 4.69) is 4.74 Å². The second-order valence-corrected chi connectivity index (χ2v) is 3.76. The molecule has 0 saturated heterocycles. The summed E-state index contributed by atoms with van der Waals surface area (Å²) in [4.78, 5) is 11.0. The van der Waals surface area contributed by atoms with Crippen LogP contribution in [-0.2, 0) is 16.0 Å². The van der Waals surface area contributed by atoms with Crippen LogP contribution < -0.4 is 0 Å². The van der Waals surface area contributed by atoms with E-state index in [9.17, 15) is 9.18 Å². The van der Waals surface area contributed by atoms with Crippen molar-refractivity contribution in [3.63, 3.8) is 0 Å². The van der Waals surface area contributed by atoms with Crippen LogP contribution in [0, 0.1) is 5.82 Å². The molecule has 0 unspecified atom stereocenters. The molecule has 3 heteroatoms. The van der Waals surface area contributed by atoms with Crippen LogP contribution in [0.4, 0.5) is 4.39 Å². The van der Waals surface area contributed by atoms with E-state index in [1.165, 1.54) is 13.2 Å². The van der Waals surface area contributed by atoms with Gasteiger partial charge in [0.15, 0.2) is 0 Å². The largest absolute Gasteiger partial charge is 0.469 e. The van der Waals surface area contributed by atoms with Crippen molar-refractivity contribution < 1.29 is 13.9 Å². The van der Waals surface area contributed by atoms with Gasteiger partial charge in [0.05, 0.1) is 13.5 Å². The van der Waals surface area contributed by atoms with Gasteiger partial charge in [-0.05, 0) is 23.1 Å². The van der Waals surface area contributed by atoms with Crippen molar-refractivity contribution in [1.82, 2.24) is 0 Å². The minimum Gasteiger partial charge on any atom is -0.469 e. The van der Waals surface area contributed by atoms with Crippen LogP contribution in [0.1, 0.15) is 30.9 Å². The number of rotatable bonds is 3. The average molecular weight is 210 g/mol. The summed E-state index contributed by atoms with van der Waals surface area (Å²) in [5.74, 6) is -0.482. The monoisotopic (exact) mass is 210 g/mol. The van der Waals surface area contributed by atoms with Gasteiger partial charge >= 0.3 is 5.97 Å². The summed E-state index contributed by atoms with van der Waals surface area (Å²) in [7, 11) is 1.29. The molecule has 0 atom stereocenters. The fourth-order valence-electron chi connectivity index (χ4n) is 1.29.